The average molecular weight is 418 g/mol. The number of anilines is 2. The Kier molecular flexibility index (Phi) is 6.89. The largest absolute Gasteiger partial charge is 0.372 e. The van der Waals surface area contributed by atoms with Gasteiger partial charge in [0.1, 0.15) is 5.69 Å². The first kappa shape index (κ1) is 22.7. The molecule has 0 aliphatic heterocycles. The van der Waals surface area contributed by atoms with E-state index in [4.69, 9.17) is 0 Å². The van der Waals surface area contributed by atoms with Crippen LogP contribution in [-0.2, 0) is 6.54 Å². The first-order valence-corrected chi connectivity index (χ1v) is 11.2. The van der Waals surface area contributed by atoms with E-state index in [9.17, 15) is 4.79 Å². The Morgan fingerprint density at radius 1 is 1.13 bits per heavy atom. The SMILES string of the molecule is C=CCn1c(C(=O)Nc2ccc(N(CC)CC)cc2C)c(C)c2cc(C(C)C)ccc21. The fourth-order valence-corrected chi connectivity index (χ4v) is 4.27. The molecule has 1 aromatic heterocycles. The second-order valence-corrected chi connectivity index (χ2v) is 8.43. The standard InChI is InChI=1S/C27H35N3O/c1-8-15-30-25-14-11-21(18(4)5)17-23(25)20(7)26(30)27(31)28-24-13-12-22(16-19(24)6)29(9-2)10-3/h8,11-14,16-18H,1,9-10,15H2,2-7H3,(H,28,31). The minimum atomic E-state index is -0.0830. The van der Waals surface area contributed by atoms with Crippen molar-refractivity contribution < 1.29 is 4.79 Å². The molecule has 0 unspecified atom stereocenters. The maximum atomic E-state index is 13.4. The van der Waals surface area contributed by atoms with Crippen molar-refractivity contribution in [2.45, 2.75) is 54.0 Å². The summed E-state index contributed by atoms with van der Waals surface area (Å²) >= 11 is 0. The van der Waals surface area contributed by atoms with Gasteiger partial charge in [0.15, 0.2) is 0 Å². The molecule has 1 amide bonds. The van der Waals surface area contributed by atoms with E-state index in [-0.39, 0.29) is 5.91 Å². The monoisotopic (exact) mass is 417 g/mol. The molecule has 0 fully saturated rings. The highest BCUT2D eigenvalue weighted by atomic mass is 16.2. The lowest BCUT2D eigenvalue weighted by Gasteiger charge is -2.22. The zero-order valence-electron chi connectivity index (χ0n) is 19.7. The summed E-state index contributed by atoms with van der Waals surface area (Å²) < 4.78 is 2.07. The molecule has 0 atom stereocenters. The molecule has 3 aromatic rings. The first-order chi connectivity index (χ1) is 14.8. The number of hydrogen-bond donors (Lipinski definition) is 1. The Bertz CT molecular complexity index is 1100. The Labute approximate surface area is 186 Å². The Hall–Kier alpha value is -3.01. The number of allylic oxidation sites excluding steroid dienone is 1. The number of nitrogens with zero attached hydrogens (tertiary/aromatic N) is 2. The summed E-state index contributed by atoms with van der Waals surface area (Å²) in [4.78, 5) is 15.7. The third-order valence-corrected chi connectivity index (χ3v) is 6.12. The van der Waals surface area contributed by atoms with Gasteiger partial charge < -0.3 is 14.8 Å². The number of hydrogen-bond acceptors (Lipinski definition) is 2. The number of amides is 1. The van der Waals surface area contributed by atoms with Crippen molar-refractivity contribution in [2.75, 3.05) is 23.3 Å². The molecule has 2 aromatic carbocycles. The van der Waals surface area contributed by atoms with Gasteiger partial charge in [-0.2, -0.15) is 0 Å². The smallest absolute Gasteiger partial charge is 0.272 e. The third-order valence-electron chi connectivity index (χ3n) is 6.12. The van der Waals surface area contributed by atoms with E-state index in [1.807, 2.05) is 26.0 Å². The molecular formula is C27H35N3O. The van der Waals surface area contributed by atoms with Crippen LogP contribution in [0, 0.1) is 13.8 Å². The zero-order chi connectivity index (χ0) is 22.7. The van der Waals surface area contributed by atoms with Crippen LogP contribution in [0.1, 0.15) is 60.8 Å². The molecule has 0 aliphatic rings. The van der Waals surface area contributed by atoms with Crippen LogP contribution in [0.3, 0.4) is 0 Å². The normalized spacial score (nSPS) is 11.2. The second-order valence-electron chi connectivity index (χ2n) is 8.43. The molecule has 1 heterocycles. The minimum Gasteiger partial charge on any atom is -0.372 e. The van der Waals surface area contributed by atoms with Crippen LogP contribution in [0.15, 0.2) is 49.1 Å². The van der Waals surface area contributed by atoms with Crippen LogP contribution in [0.5, 0.6) is 0 Å². The summed E-state index contributed by atoms with van der Waals surface area (Å²) in [6, 6.07) is 12.7. The molecule has 0 saturated carbocycles. The first-order valence-electron chi connectivity index (χ1n) is 11.2. The quantitative estimate of drug-likeness (QED) is 0.416. The number of nitrogens with one attached hydrogen (secondary N) is 1. The van der Waals surface area contributed by atoms with Gasteiger partial charge in [0.25, 0.3) is 5.91 Å². The van der Waals surface area contributed by atoms with Gasteiger partial charge in [0.2, 0.25) is 0 Å². The molecule has 0 aliphatic carbocycles. The second kappa shape index (κ2) is 9.42. The van der Waals surface area contributed by atoms with Crippen molar-refractivity contribution in [2.24, 2.45) is 0 Å². The topological polar surface area (TPSA) is 37.3 Å². The number of benzene rings is 2. The van der Waals surface area contributed by atoms with Crippen LogP contribution in [0.4, 0.5) is 11.4 Å². The van der Waals surface area contributed by atoms with Gasteiger partial charge in [-0.25, -0.2) is 0 Å². The molecule has 164 valence electrons. The van der Waals surface area contributed by atoms with Gasteiger partial charge in [-0.15, -0.1) is 6.58 Å². The summed E-state index contributed by atoms with van der Waals surface area (Å²) in [5, 5.41) is 4.29. The van der Waals surface area contributed by atoms with Crippen molar-refractivity contribution in [3.8, 4) is 0 Å². The van der Waals surface area contributed by atoms with Gasteiger partial charge in [-0.05, 0) is 80.6 Å². The van der Waals surface area contributed by atoms with E-state index < -0.39 is 0 Å². The van der Waals surface area contributed by atoms with Crippen LogP contribution in [-0.4, -0.2) is 23.6 Å². The lowest BCUT2D eigenvalue weighted by molar-refractivity contribution is 0.101. The maximum Gasteiger partial charge on any atom is 0.272 e. The number of aryl methyl sites for hydroxylation is 2. The van der Waals surface area contributed by atoms with E-state index >= 15 is 0 Å². The highest BCUT2D eigenvalue weighted by Gasteiger charge is 2.21. The molecule has 3 rings (SSSR count). The molecule has 1 N–H and O–H groups in total. The molecule has 0 spiro atoms. The molecule has 4 heteroatoms. The van der Waals surface area contributed by atoms with E-state index in [2.05, 4.69) is 79.4 Å². The van der Waals surface area contributed by atoms with Gasteiger partial charge in [0.05, 0.1) is 0 Å². The van der Waals surface area contributed by atoms with Crippen molar-refractivity contribution in [3.05, 3.63) is 71.4 Å². The van der Waals surface area contributed by atoms with Crippen LogP contribution < -0.4 is 10.2 Å². The van der Waals surface area contributed by atoms with Gasteiger partial charge in [0, 0.05) is 41.9 Å². The lowest BCUT2D eigenvalue weighted by Crippen LogP contribution is -2.22. The van der Waals surface area contributed by atoms with E-state index in [1.165, 1.54) is 11.3 Å². The fraction of sp³-hybridized carbons (Fsp3) is 0.370. The highest BCUT2D eigenvalue weighted by molar-refractivity contribution is 6.08. The predicted octanol–water partition coefficient (Wildman–Crippen LogP) is 6.67. The number of aromatic nitrogens is 1. The molecular weight excluding hydrogens is 382 g/mol. The van der Waals surface area contributed by atoms with Crippen molar-refractivity contribution >= 4 is 28.2 Å². The van der Waals surface area contributed by atoms with Crippen LogP contribution >= 0.6 is 0 Å². The molecule has 0 bridgehead atoms. The van der Waals surface area contributed by atoms with Gasteiger partial charge in [-0.3, -0.25) is 4.79 Å². The van der Waals surface area contributed by atoms with Crippen molar-refractivity contribution in [3.63, 3.8) is 0 Å². The third kappa shape index (κ3) is 4.39. The lowest BCUT2D eigenvalue weighted by atomic mass is 10.0. The zero-order valence-corrected chi connectivity index (χ0v) is 19.7. The summed E-state index contributed by atoms with van der Waals surface area (Å²) in [5.41, 5.74) is 7.14. The average Bonchev–Trinajstić information content (AvgIpc) is 3.02. The van der Waals surface area contributed by atoms with Crippen molar-refractivity contribution in [1.82, 2.24) is 4.57 Å². The summed E-state index contributed by atoms with van der Waals surface area (Å²) in [7, 11) is 0. The van der Waals surface area contributed by atoms with Gasteiger partial charge in [-0.1, -0.05) is 26.0 Å². The summed E-state index contributed by atoms with van der Waals surface area (Å²) in [6.45, 7) is 19.2. The Morgan fingerprint density at radius 3 is 2.42 bits per heavy atom. The number of carbonyl (C=O) groups is 1. The molecule has 0 radical (unpaired) electrons. The van der Waals surface area contributed by atoms with E-state index in [1.54, 1.807) is 0 Å². The van der Waals surface area contributed by atoms with E-state index in [0.717, 1.165) is 40.8 Å². The number of rotatable bonds is 8. The number of carbonyl (C=O) groups excluding carboxylic acids is 1. The summed E-state index contributed by atoms with van der Waals surface area (Å²) in [6.07, 6.45) is 1.84. The van der Waals surface area contributed by atoms with Gasteiger partial charge >= 0.3 is 0 Å². The Balaban J connectivity index is 2.01. The Morgan fingerprint density at radius 2 is 1.84 bits per heavy atom. The van der Waals surface area contributed by atoms with E-state index in [0.29, 0.717) is 18.2 Å². The maximum absolute atomic E-state index is 13.4. The van der Waals surface area contributed by atoms with Crippen LogP contribution in [0.2, 0.25) is 0 Å². The number of fused-ring (bicyclic) bond motifs is 1. The summed E-state index contributed by atoms with van der Waals surface area (Å²) in [5.74, 6) is 0.358. The van der Waals surface area contributed by atoms with Crippen molar-refractivity contribution in [1.29, 1.82) is 0 Å². The molecule has 4 nitrogen and oxygen atoms in total. The minimum absolute atomic E-state index is 0.0830. The molecule has 31 heavy (non-hydrogen) atoms. The predicted molar refractivity (Wildman–Crippen MR) is 134 cm³/mol. The van der Waals surface area contributed by atoms with Crippen LogP contribution in [0.25, 0.3) is 10.9 Å². The highest BCUT2D eigenvalue weighted by Crippen LogP contribution is 2.30. The molecule has 0 saturated heterocycles. The fourth-order valence-electron chi connectivity index (χ4n) is 4.27.